The summed E-state index contributed by atoms with van der Waals surface area (Å²) in [6.07, 6.45) is -5.18. The van der Waals surface area contributed by atoms with Crippen molar-refractivity contribution in [2.45, 2.75) is 70.7 Å². The van der Waals surface area contributed by atoms with Gasteiger partial charge in [-0.1, -0.05) is 18.2 Å². The zero-order valence-electron chi connectivity index (χ0n) is 30.3. The Bertz CT molecular complexity index is 2020. The summed E-state index contributed by atoms with van der Waals surface area (Å²) in [5.74, 6) is -9.30. The highest BCUT2D eigenvalue weighted by atomic mass is 19.4. The fraction of sp³-hybridized carbons (Fsp3) is 0.324. The van der Waals surface area contributed by atoms with E-state index in [-0.39, 0.29) is 59.3 Å². The monoisotopic (exact) mass is 788 g/mol. The molecule has 1 heterocycles. The number of aliphatic imine (C=N–C) groups is 1. The summed E-state index contributed by atoms with van der Waals surface area (Å²) in [5.41, 5.74) is 12.1. The zero-order chi connectivity index (χ0) is 42.0. The molecule has 300 valence electrons. The van der Waals surface area contributed by atoms with Crippen molar-refractivity contribution in [1.29, 1.82) is 0 Å². The van der Waals surface area contributed by atoms with Crippen molar-refractivity contribution in [1.82, 2.24) is 5.32 Å². The van der Waals surface area contributed by atoms with Crippen LogP contribution in [0, 0.1) is 0 Å². The van der Waals surface area contributed by atoms with E-state index < -0.39 is 59.9 Å². The summed E-state index contributed by atoms with van der Waals surface area (Å²) in [4.78, 5) is 76.7. The lowest BCUT2D eigenvalue weighted by molar-refractivity contribution is -0.192. The number of esters is 2. The second kappa shape index (κ2) is 18.6. The Morgan fingerprint density at radius 1 is 0.982 bits per heavy atom. The Morgan fingerprint density at radius 2 is 1.66 bits per heavy atom. The molecule has 4 rings (SSSR count). The van der Waals surface area contributed by atoms with Gasteiger partial charge in [0.25, 0.3) is 5.91 Å². The van der Waals surface area contributed by atoms with E-state index in [1.165, 1.54) is 18.2 Å². The average Bonchev–Trinajstić information content (AvgIpc) is 3.08. The average molecular weight is 789 g/mol. The molecule has 1 aliphatic heterocycles. The first-order valence-corrected chi connectivity index (χ1v) is 16.7. The van der Waals surface area contributed by atoms with Gasteiger partial charge < -0.3 is 46.3 Å². The van der Waals surface area contributed by atoms with Crippen LogP contribution in [0.1, 0.15) is 93.7 Å². The molecule has 0 radical (unpaired) electrons. The molecule has 3 aromatic carbocycles. The number of carboxylic acids is 3. The minimum absolute atomic E-state index is 0.0251. The van der Waals surface area contributed by atoms with Crippen molar-refractivity contribution in [3.05, 3.63) is 88.0 Å². The van der Waals surface area contributed by atoms with Crippen LogP contribution in [-0.2, 0) is 32.1 Å². The van der Waals surface area contributed by atoms with Crippen molar-refractivity contribution >= 4 is 47.4 Å². The molecular formula is C37H39F3N4O12. The highest BCUT2D eigenvalue weighted by molar-refractivity contribution is 6.02. The largest absolute Gasteiger partial charge is 0.490 e. The normalized spacial score (nSPS) is 13.1. The van der Waals surface area contributed by atoms with Crippen LogP contribution in [0.25, 0.3) is 0 Å². The number of benzene rings is 3. The summed E-state index contributed by atoms with van der Waals surface area (Å²) in [7, 11) is 0. The second-order valence-corrected chi connectivity index (χ2v) is 13.1. The molecule has 0 aliphatic carbocycles. The van der Waals surface area contributed by atoms with Gasteiger partial charge in [-0.15, -0.1) is 0 Å². The van der Waals surface area contributed by atoms with E-state index in [2.05, 4.69) is 10.3 Å². The third-order valence-corrected chi connectivity index (χ3v) is 7.56. The van der Waals surface area contributed by atoms with Crippen molar-refractivity contribution < 1.29 is 71.5 Å². The second-order valence-electron chi connectivity index (χ2n) is 13.1. The molecule has 0 saturated carbocycles. The van der Waals surface area contributed by atoms with Gasteiger partial charge in [0.15, 0.2) is 17.5 Å². The van der Waals surface area contributed by atoms with Crippen molar-refractivity contribution in [2.75, 3.05) is 6.61 Å². The summed E-state index contributed by atoms with van der Waals surface area (Å²) in [6.45, 7) is 5.17. The molecule has 0 saturated heterocycles. The van der Waals surface area contributed by atoms with Crippen molar-refractivity contribution in [2.24, 2.45) is 16.5 Å². The van der Waals surface area contributed by atoms with E-state index in [1.807, 2.05) is 0 Å². The topological polar surface area (TPSA) is 267 Å². The molecule has 1 unspecified atom stereocenters. The number of rotatable bonds is 10. The van der Waals surface area contributed by atoms with E-state index in [4.69, 9.17) is 35.6 Å². The van der Waals surface area contributed by atoms with Crippen LogP contribution >= 0.6 is 0 Å². The van der Waals surface area contributed by atoms with Crippen LogP contribution in [0.5, 0.6) is 11.5 Å². The fourth-order valence-electron chi connectivity index (χ4n) is 5.22. The van der Waals surface area contributed by atoms with E-state index in [9.17, 15) is 47.4 Å². The number of hydrogen-bond donors (Lipinski definition) is 6. The maximum Gasteiger partial charge on any atom is 0.490 e. The third-order valence-electron chi connectivity index (χ3n) is 7.56. The number of carboxylic acid groups (broad SMARTS) is 3. The molecule has 16 nitrogen and oxygen atoms in total. The molecular weight excluding hydrogens is 749 g/mol. The standard InChI is InChI=1S/C35H38N4O10.C2HF3O2/c1-35(2,3)49-32(45)21-7-4-6-19(16-21)18-38-30(42)28-24(25(31(43)44)12-14-27(40)41)11-13-26-29(28)47-15-5-8-20-17-22(39-34(36)37)9-10-23(20)33(46)48-26;3-2(4,5)1(6)7/h4,6-7,9-11,13,16-17,25H,5,8,12,14-15,18H2,1-3H3,(H,38,42)(H,40,41)(H,43,44)(H4,36,37,39);(H,6,7). The smallest absolute Gasteiger partial charge is 0.489 e. The Hall–Kier alpha value is -6.66. The maximum atomic E-state index is 14.0. The number of amides is 1. The Kier molecular flexibility index (Phi) is 14.5. The number of hydrogen-bond acceptors (Lipinski definition) is 10. The van der Waals surface area contributed by atoms with Gasteiger partial charge >= 0.3 is 36.0 Å². The minimum atomic E-state index is -5.08. The number of carbonyl (C=O) groups is 6. The fourth-order valence-corrected chi connectivity index (χ4v) is 5.22. The number of ether oxygens (including phenoxy) is 3. The van der Waals surface area contributed by atoms with Crippen LogP contribution in [0.2, 0.25) is 0 Å². The van der Waals surface area contributed by atoms with Crippen LogP contribution in [-0.4, -0.2) is 75.4 Å². The predicted molar refractivity (Wildman–Crippen MR) is 191 cm³/mol. The van der Waals surface area contributed by atoms with Gasteiger partial charge in [0.05, 0.1) is 34.9 Å². The Morgan fingerprint density at radius 3 is 2.25 bits per heavy atom. The van der Waals surface area contributed by atoms with Gasteiger partial charge in [-0.05, 0) is 93.1 Å². The molecule has 1 aliphatic rings. The van der Waals surface area contributed by atoms with Gasteiger partial charge in [-0.2, -0.15) is 13.2 Å². The van der Waals surface area contributed by atoms with E-state index in [0.717, 1.165) is 0 Å². The van der Waals surface area contributed by atoms with Crippen LogP contribution < -0.4 is 26.3 Å². The van der Waals surface area contributed by atoms with Crippen molar-refractivity contribution in [3.63, 3.8) is 0 Å². The lowest BCUT2D eigenvalue weighted by Crippen LogP contribution is -2.28. The van der Waals surface area contributed by atoms with Gasteiger partial charge in [0.1, 0.15) is 5.60 Å². The van der Waals surface area contributed by atoms with E-state index >= 15 is 0 Å². The van der Waals surface area contributed by atoms with Gasteiger partial charge in [-0.3, -0.25) is 14.4 Å². The number of nitrogens with zero attached hydrogens (tertiary/aromatic N) is 1. The van der Waals surface area contributed by atoms with E-state index in [1.54, 1.807) is 57.2 Å². The molecule has 8 N–H and O–H groups in total. The number of aliphatic carboxylic acids is 3. The quantitative estimate of drug-likeness (QED) is 0.0705. The molecule has 0 spiro atoms. The highest BCUT2D eigenvalue weighted by Gasteiger charge is 2.38. The third kappa shape index (κ3) is 12.7. The number of alkyl halides is 3. The molecule has 0 bridgehead atoms. The first kappa shape index (κ1) is 43.7. The predicted octanol–water partition coefficient (Wildman–Crippen LogP) is 4.69. The van der Waals surface area contributed by atoms with Crippen molar-refractivity contribution in [3.8, 4) is 11.5 Å². The van der Waals surface area contributed by atoms with Gasteiger partial charge in [0, 0.05) is 13.0 Å². The van der Waals surface area contributed by atoms with Crippen LogP contribution in [0.3, 0.4) is 0 Å². The first-order chi connectivity index (χ1) is 26.1. The molecule has 19 heteroatoms. The Labute approximate surface area is 317 Å². The lowest BCUT2D eigenvalue weighted by Gasteiger charge is -2.23. The number of aryl methyl sites for hydroxylation is 1. The van der Waals surface area contributed by atoms with Crippen LogP contribution in [0.4, 0.5) is 18.9 Å². The number of carbonyl (C=O) groups excluding carboxylic acids is 3. The minimum Gasteiger partial charge on any atom is -0.489 e. The number of nitrogens with one attached hydrogen (secondary N) is 1. The first-order valence-electron chi connectivity index (χ1n) is 16.7. The maximum absolute atomic E-state index is 14.0. The molecule has 0 fully saturated rings. The zero-order valence-corrected chi connectivity index (χ0v) is 30.3. The van der Waals surface area contributed by atoms with Crippen LogP contribution in [0.15, 0.2) is 59.6 Å². The lowest BCUT2D eigenvalue weighted by atomic mass is 9.89. The molecule has 0 aromatic heterocycles. The van der Waals surface area contributed by atoms with Gasteiger partial charge in [-0.25, -0.2) is 19.4 Å². The number of fused-ring (bicyclic) bond motifs is 2. The number of guanidine groups is 1. The summed E-state index contributed by atoms with van der Waals surface area (Å²) in [6, 6.07) is 13.8. The SMILES string of the molecule is CC(C)(C)OC(=O)c1cccc(CNC(=O)c2c(C(CCC(=O)O)C(=O)O)ccc3c2OCCCc2cc(N=C(N)N)ccc2C(=O)O3)c1.O=C(O)C(F)(F)F. The highest BCUT2D eigenvalue weighted by Crippen LogP contribution is 2.40. The Balaban J connectivity index is 0.00000109. The molecule has 3 aromatic rings. The molecule has 56 heavy (non-hydrogen) atoms. The van der Waals surface area contributed by atoms with Gasteiger partial charge in [0.2, 0.25) is 0 Å². The number of halogens is 3. The number of nitrogens with two attached hydrogens (primary N) is 2. The molecule has 1 amide bonds. The van der Waals surface area contributed by atoms with E-state index in [0.29, 0.717) is 29.7 Å². The summed E-state index contributed by atoms with van der Waals surface area (Å²) >= 11 is 0. The summed E-state index contributed by atoms with van der Waals surface area (Å²) in [5, 5.41) is 29.3. The summed E-state index contributed by atoms with van der Waals surface area (Å²) < 4.78 is 48.9. The molecule has 1 atom stereocenters.